The van der Waals surface area contributed by atoms with E-state index in [0.29, 0.717) is 83.9 Å². The fourth-order valence-electron chi connectivity index (χ4n) is 18.0. The third-order valence-corrected chi connectivity index (χ3v) is 34.7. The van der Waals surface area contributed by atoms with Crippen molar-refractivity contribution in [3.05, 3.63) is 462 Å². The number of benzene rings is 14. The molecule has 0 saturated heterocycles. The SMILES string of the molecule is CCOP(=O)(C(=O)c1c(C)cc(C)cc1C)c1ccccc1.COC(OC)(C(=O)c1ccccc1)c1ccccc1.Cc1cc(C)c(C(=O)P(=O)(C(=O)c2c(C)cc(C)cc2C)c2ccccc2)c(C)c1.Cc1cc(C)c(C(=O)P(=O)(c2ccccc2)c2ccccc2)c(C)c1.Cc1cc(C)c(C(=O)P(=O)(c2ccccc2)c2ccccc2)c(C)c1.O=C(c1ccccc1)C1(O)CCCCC1. The number of hydrogen-bond acceptors (Lipinski definition) is 15. The van der Waals surface area contributed by atoms with Crippen LogP contribution in [0.1, 0.15) is 201 Å². The molecule has 1 atom stereocenters. The van der Waals surface area contributed by atoms with E-state index in [2.05, 4.69) is 0 Å². The van der Waals surface area contributed by atoms with Crippen LogP contribution >= 0.6 is 28.8 Å². The van der Waals surface area contributed by atoms with Crippen LogP contribution in [0.5, 0.6) is 0 Å². The molecule has 1 N–H and O–H groups in total. The Kier molecular flexibility index (Phi) is 36.8. The number of carbonyl (C=O) groups excluding carboxylic acids is 7. The van der Waals surface area contributed by atoms with Gasteiger partial charge in [-0.2, -0.15) is 0 Å². The minimum absolute atomic E-state index is 0.109. The fourth-order valence-corrected chi connectivity index (χ4v) is 27.9. The molecule has 15 rings (SSSR count). The van der Waals surface area contributed by atoms with E-state index in [1.807, 2.05) is 310 Å². The molecule has 1 aliphatic rings. The Hall–Kier alpha value is -12.5. The third-order valence-electron chi connectivity index (χ3n) is 24.1. The van der Waals surface area contributed by atoms with E-state index >= 15 is 0 Å². The van der Waals surface area contributed by atoms with Gasteiger partial charge in [-0.25, -0.2) is 0 Å². The van der Waals surface area contributed by atoms with Crippen molar-refractivity contribution in [1.82, 2.24) is 0 Å². The largest absolute Gasteiger partial charge is 0.382 e. The third kappa shape index (κ3) is 23.9. The Morgan fingerprint density at radius 3 is 0.787 bits per heavy atom. The van der Waals surface area contributed by atoms with E-state index in [9.17, 15) is 56.9 Å². The van der Waals surface area contributed by atoms with E-state index in [1.54, 1.807) is 134 Å². The summed E-state index contributed by atoms with van der Waals surface area (Å²) in [5.74, 6) is -1.73. The van der Waals surface area contributed by atoms with Crippen molar-refractivity contribution in [3.8, 4) is 0 Å². The molecule has 0 aromatic heterocycles. The monoisotopic (exact) mass is 1890 g/mol. The molecule has 1 aliphatic carbocycles. The first-order valence-electron chi connectivity index (χ1n) is 45.4. The van der Waals surface area contributed by atoms with Crippen LogP contribution in [0.3, 0.4) is 0 Å². The Morgan fingerprint density at radius 2 is 0.522 bits per heavy atom. The molecule has 1 saturated carbocycles. The molecule has 136 heavy (non-hydrogen) atoms. The van der Waals surface area contributed by atoms with Crippen molar-refractivity contribution in [3.63, 3.8) is 0 Å². The zero-order valence-corrected chi connectivity index (χ0v) is 84.5. The normalized spacial score (nSPS) is 12.6. The molecular weight excluding hydrogens is 1770 g/mol. The number of methoxy groups -OCH3 is 2. The van der Waals surface area contributed by atoms with E-state index in [1.165, 1.54) is 14.2 Å². The molecule has 0 bridgehead atoms. The number of hydrogen-bond donors (Lipinski definition) is 1. The quantitative estimate of drug-likeness (QED) is 0.0318. The smallest absolute Gasteiger partial charge is 0.300 e. The summed E-state index contributed by atoms with van der Waals surface area (Å²) >= 11 is 0. The predicted octanol–water partition coefficient (Wildman–Crippen LogP) is 25.7. The van der Waals surface area contributed by atoms with Crippen LogP contribution in [0.2, 0.25) is 0 Å². The summed E-state index contributed by atoms with van der Waals surface area (Å²) in [6.45, 7) is 30.6. The van der Waals surface area contributed by atoms with Crippen molar-refractivity contribution in [2.45, 2.75) is 154 Å². The molecule has 0 spiro atoms. The molecule has 1 fully saturated rings. The average molecular weight is 1890 g/mol. The fraction of sp³-hybridized carbons (Fsp3) is 0.222. The van der Waals surface area contributed by atoms with Crippen LogP contribution < -0.4 is 31.8 Å². The Bertz CT molecular complexity index is 6360. The van der Waals surface area contributed by atoms with Crippen LogP contribution in [-0.2, 0) is 38.0 Å². The van der Waals surface area contributed by atoms with Gasteiger partial charge < -0.3 is 32.8 Å². The molecule has 1 unspecified atom stereocenters. The number of carbonyl (C=O) groups is 7. The minimum Gasteiger partial charge on any atom is -0.382 e. The van der Waals surface area contributed by atoms with Crippen LogP contribution in [0.25, 0.3) is 0 Å². The lowest BCUT2D eigenvalue weighted by atomic mass is 9.79. The standard InChI is InChI=1S/C26H27O3P.2C22H21O2P.C18H21O3P.C16H16O3.C13H16O2/c1-16-12-18(3)23(19(4)13-16)25(27)30(29,22-10-8-7-9-11-22)26(28)24-20(5)14-17(2)15-21(24)6;2*1-16-14-17(2)21(18(3)15-16)22(23)25(24,19-10-6-4-7-11-19)20-12-8-5-9-13-20;1-5-21-22(20,16-9-7-6-8-10-16)18(19)17-14(3)11-13(2)12-15(17)4;1-18-16(19-2,14-11-7-4-8-12-14)15(17)13-9-5-3-6-10-13;14-12(11-7-3-1-4-8-11)13(15)9-5-2-6-10-13/h7-15H,1-6H3;2*4-15H,1-3H3;6-12H,5H2,1-4H3;3-12H,1-2H3;1,3-4,7-8,15H,2,5-6,9-10H2. The number of ether oxygens (including phenoxy) is 2. The average Bonchev–Trinajstić information content (AvgIpc) is 0.728. The van der Waals surface area contributed by atoms with Gasteiger partial charge in [0.25, 0.3) is 11.3 Å². The summed E-state index contributed by atoms with van der Waals surface area (Å²) in [6, 6.07) is 100. The highest BCUT2D eigenvalue weighted by molar-refractivity contribution is 8.01. The Balaban J connectivity index is 0.000000170. The summed E-state index contributed by atoms with van der Waals surface area (Å²) in [7, 11) is -11.7. The maximum absolute atomic E-state index is 14.5. The molecule has 14 aromatic rings. The molecule has 15 nitrogen and oxygen atoms in total. The van der Waals surface area contributed by atoms with Gasteiger partial charge in [0.2, 0.25) is 49.3 Å². The lowest BCUT2D eigenvalue weighted by Crippen LogP contribution is -2.40. The molecular formula is C117H122O15P4. The van der Waals surface area contributed by atoms with Crippen LogP contribution in [0.15, 0.2) is 334 Å². The van der Waals surface area contributed by atoms with E-state index in [4.69, 9.17) is 14.0 Å². The molecule has 0 amide bonds. The molecule has 0 radical (unpaired) electrons. The van der Waals surface area contributed by atoms with Gasteiger partial charge >= 0.3 is 7.37 Å². The lowest BCUT2D eigenvalue weighted by molar-refractivity contribution is -0.176. The molecule has 700 valence electrons. The zero-order valence-electron chi connectivity index (χ0n) is 80.9. The highest BCUT2D eigenvalue weighted by Crippen LogP contribution is 2.55. The summed E-state index contributed by atoms with van der Waals surface area (Å²) in [6.07, 6.45) is 4.26. The van der Waals surface area contributed by atoms with Crippen molar-refractivity contribution in [1.29, 1.82) is 0 Å². The van der Waals surface area contributed by atoms with Gasteiger partial charge in [-0.3, -0.25) is 38.1 Å². The molecule has 0 aliphatic heterocycles. The van der Waals surface area contributed by atoms with Crippen LogP contribution in [0.4, 0.5) is 0 Å². The zero-order chi connectivity index (χ0) is 99.0. The van der Waals surface area contributed by atoms with Crippen molar-refractivity contribution < 1.29 is 70.9 Å². The lowest BCUT2D eigenvalue weighted by Gasteiger charge is -2.30. The molecule has 0 heterocycles. The molecule has 19 heteroatoms. The predicted molar refractivity (Wildman–Crippen MR) is 555 cm³/mol. The summed E-state index contributed by atoms with van der Waals surface area (Å²) in [4.78, 5) is 92.6. The van der Waals surface area contributed by atoms with Crippen LogP contribution in [0, 0.1) is 104 Å². The topological polar surface area (TPSA) is 236 Å². The van der Waals surface area contributed by atoms with Gasteiger partial charge in [0.05, 0.1) is 6.61 Å². The maximum Gasteiger partial charge on any atom is 0.300 e. The van der Waals surface area contributed by atoms with Gasteiger partial charge in [-0.15, -0.1) is 0 Å². The summed E-state index contributed by atoms with van der Waals surface area (Å²) in [5, 5.41) is 13.3. The second-order valence-electron chi connectivity index (χ2n) is 34.6. The van der Waals surface area contributed by atoms with Gasteiger partial charge in [0.1, 0.15) is 5.60 Å². The number of aliphatic hydroxyl groups is 1. The van der Waals surface area contributed by atoms with Crippen molar-refractivity contribution >= 4 is 99.8 Å². The Labute approximate surface area is 802 Å². The highest BCUT2D eigenvalue weighted by Gasteiger charge is 2.47. The van der Waals surface area contributed by atoms with E-state index < -0.39 is 56.8 Å². The van der Waals surface area contributed by atoms with Gasteiger partial charge in [0, 0.05) is 90.6 Å². The van der Waals surface area contributed by atoms with Gasteiger partial charge in [0.15, 0.2) is 5.78 Å². The minimum atomic E-state index is -4.11. The first-order chi connectivity index (χ1) is 64.8. The summed E-state index contributed by atoms with van der Waals surface area (Å²) in [5.41, 5.74) is 14.4. The second kappa shape index (κ2) is 47.3. The first kappa shape index (κ1) is 106. The van der Waals surface area contributed by atoms with E-state index in [-0.39, 0.29) is 34.5 Å². The van der Waals surface area contributed by atoms with Crippen LogP contribution in [-0.4, -0.2) is 70.7 Å². The van der Waals surface area contributed by atoms with Crippen molar-refractivity contribution in [2.24, 2.45) is 0 Å². The maximum atomic E-state index is 14.5. The van der Waals surface area contributed by atoms with Crippen molar-refractivity contribution in [2.75, 3.05) is 20.8 Å². The van der Waals surface area contributed by atoms with E-state index in [0.717, 1.165) is 103 Å². The first-order valence-corrected chi connectivity index (χ1v) is 52.2. The van der Waals surface area contributed by atoms with Gasteiger partial charge in [-0.1, -0.05) is 369 Å². The Morgan fingerprint density at radius 1 is 0.294 bits per heavy atom. The number of rotatable bonds is 25. The van der Waals surface area contributed by atoms with Gasteiger partial charge in [-0.05, 0) is 191 Å². The number of Topliss-reactive ketones (excluding diaryl/α,β-unsaturated/α-hetero) is 2. The molecule has 14 aromatic carbocycles. The highest BCUT2D eigenvalue weighted by atomic mass is 31.2. The summed E-state index contributed by atoms with van der Waals surface area (Å²) < 4.78 is 72.5. The number of aryl methyl sites for hydroxylation is 15. The number of ketones is 2. The second-order valence-corrected chi connectivity index (χ2v) is 44.7.